The molecule has 0 bridgehead atoms. The highest BCUT2D eigenvalue weighted by Crippen LogP contribution is 2.48. The Morgan fingerprint density at radius 2 is 1.60 bits per heavy atom. The predicted molar refractivity (Wildman–Crippen MR) is 184 cm³/mol. The van der Waals surface area contributed by atoms with Gasteiger partial charge in [-0.15, -0.1) is 0 Å². The van der Waals surface area contributed by atoms with Gasteiger partial charge in [0.15, 0.2) is 0 Å². The summed E-state index contributed by atoms with van der Waals surface area (Å²) in [7, 11) is -3.00. The van der Waals surface area contributed by atoms with Gasteiger partial charge in [0.05, 0.1) is 19.4 Å². The summed E-state index contributed by atoms with van der Waals surface area (Å²) in [6.07, 6.45) is 14.4. The van der Waals surface area contributed by atoms with Crippen LogP contribution in [0.25, 0.3) is 0 Å². The standard InChI is InChI=1S/C32H62N9O3P/c1-4-43-45(42,44-5-2)22-10-19-40-20-21-41(25-26(40)3)32-38-30(33)37-31(39-32)36-24-28-15-13-27(14-16-28)23-34-17-9-18-35-29-11-7-6-8-12-29/h26-29,34-35H,4-25H2,1-3H3,(H3,33,36,37,38,39)/t26-,27?,28?/m1/s1. The molecule has 0 radical (unpaired) electrons. The summed E-state index contributed by atoms with van der Waals surface area (Å²) in [6.45, 7) is 14.3. The Labute approximate surface area is 272 Å². The van der Waals surface area contributed by atoms with E-state index >= 15 is 0 Å². The van der Waals surface area contributed by atoms with Crippen LogP contribution in [0.15, 0.2) is 0 Å². The van der Waals surface area contributed by atoms with Crippen LogP contribution in [0.5, 0.6) is 0 Å². The fraction of sp³-hybridized carbons (Fsp3) is 0.906. The van der Waals surface area contributed by atoms with E-state index in [4.69, 9.17) is 19.8 Å². The van der Waals surface area contributed by atoms with Crippen molar-refractivity contribution in [1.29, 1.82) is 0 Å². The summed E-state index contributed by atoms with van der Waals surface area (Å²) in [5.41, 5.74) is 6.12. The molecule has 0 aromatic carbocycles. The van der Waals surface area contributed by atoms with Gasteiger partial charge in [0.25, 0.3) is 0 Å². The summed E-state index contributed by atoms with van der Waals surface area (Å²) in [5, 5.41) is 10.9. The van der Waals surface area contributed by atoms with E-state index in [0.717, 1.165) is 70.7 Å². The minimum absolute atomic E-state index is 0.254. The van der Waals surface area contributed by atoms with Gasteiger partial charge in [-0.1, -0.05) is 19.3 Å². The third-order valence-electron chi connectivity index (χ3n) is 9.73. The number of piperazine rings is 1. The first-order valence-electron chi connectivity index (χ1n) is 17.9. The van der Waals surface area contributed by atoms with Crippen molar-refractivity contribution in [3.63, 3.8) is 0 Å². The maximum Gasteiger partial charge on any atom is 0.330 e. The number of rotatable bonds is 19. The van der Waals surface area contributed by atoms with Crippen LogP contribution < -0.4 is 26.6 Å². The first-order chi connectivity index (χ1) is 21.9. The molecule has 0 spiro atoms. The molecule has 5 N–H and O–H groups in total. The van der Waals surface area contributed by atoms with Crippen LogP contribution in [-0.4, -0.2) is 104 Å². The number of nitrogens with zero attached hydrogens (tertiary/aromatic N) is 5. The number of hydrogen-bond acceptors (Lipinski definition) is 12. The SMILES string of the molecule is CCOP(=O)(CCCN1CCN(c2nc(N)nc(NCC3CCC(CNCCCNC4CCCCC4)CC3)n2)C[C@H]1C)OCC. The molecule has 1 aromatic rings. The van der Waals surface area contributed by atoms with Crippen LogP contribution >= 0.6 is 7.60 Å². The van der Waals surface area contributed by atoms with Crippen molar-refractivity contribution in [2.24, 2.45) is 11.8 Å². The van der Waals surface area contributed by atoms with E-state index in [9.17, 15) is 4.57 Å². The Morgan fingerprint density at radius 1 is 0.889 bits per heavy atom. The number of aromatic nitrogens is 3. The number of nitrogens with two attached hydrogens (primary N) is 1. The summed E-state index contributed by atoms with van der Waals surface area (Å²) in [6, 6.07) is 1.06. The Balaban J connectivity index is 1.11. The van der Waals surface area contributed by atoms with Crippen LogP contribution in [0.3, 0.4) is 0 Å². The van der Waals surface area contributed by atoms with Crippen LogP contribution in [0, 0.1) is 11.8 Å². The second kappa shape index (κ2) is 19.3. The predicted octanol–water partition coefficient (Wildman–Crippen LogP) is 4.74. The van der Waals surface area contributed by atoms with Gasteiger partial charge in [0.1, 0.15) is 0 Å². The Morgan fingerprint density at radius 3 is 2.29 bits per heavy atom. The Bertz CT molecular complexity index is 1010. The minimum atomic E-state index is -3.00. The fourth-order valence-electron chi connectivity index (χ4n) is 7.15. The smallest absolute Gasteiger partial charge is 0.330 e. The quantitative estimate of drug-likeness (QED) is 0.121. The number of nitrogens with one attached hydrogen (secondary N) is 3. The van der Waals surface area contributed by atoms with Gasteiger partial charge < -0.3 is 35.6 Å². The van der Waals surface area contributed by atoms with Gasteiger partial charge in [0.2, 0.25) is 17.8 Å². The summed E-state index contributed by atoms with van der Waals surface area (Å²) in [5.74, 6) is 2.88. The molecule has 0 unspecified atom stereocenters. The molecule has 1 atom stereocenters. The minimum Gasteiger partial charge on any atom is -0.368 e. The molecule has 2 aliphatic carbocycles. The van der Waals surface area contributed by atoms with E-state index in [1.807, 2.05) is 13.8 Å². The van der Waals surface area contributed by atoms with E-state index in [1.54, 1.807) is 0 Å². The fourth-order valence-corrected chi connectivity index (χ4v) is 8.79. The monoisotopic (exact) mass is 651 g/mol. The van der Waals surface area contributed by atoms with Crippen molar-refractivity contribution < 1.29 is 13.6 Å². The van der Waals surface area contributed by atoms with Crippen LogP contribution in [-0.2, 0) is 13.6 Å². The van der Waals surface area contributed by atoms with Gasteiger partial charge in [0, 0.05) is 38.3 Å². The van der Waals surface area contributed by atoms with E-state index in [0.29, 0.717) is 43.2 Å². The zero-order chi connectivity index (χ0) is 31.9. The highest BCUT2D eigenvalue weighted by Gasteiger charge is 2.28. The third kappa shape index (κ3) is 12.5. The Kier molecular flexibility index (Phi) is 15.6. The van der Waals surface area contributed by atoms with Crippen molar-refractivity contribution in [2.75, 3.05) is 87.7 Å². The molecule has 1 saturated heterocycles. The lowest BCUT2D eigenvalue weighted by atomic mass is 9.82. The van der Waals surface area contributed by atoms with Crippen molar-refractivity contribution in [1.82, 2.24) is 30.5 Å². The largest absolute Gasteiger partial charge is 0.368 e. The number of nitrogen functional groups attached to an aromatic ring is 1. The molecule has 1 aliphatic heterocycles. The molecule has 0 amide bonds. The molecule has 45 heavy (non-hydrogen) atoms. The first kappa shape index (κ1) is 36.3. The topological polar surface area (TPSA) is 143 Å². The third-order valence-corrected chi connectivity index (χ3v) is 11.9. The van der Waals surface area contributed by atoms with Crippen molar-refractivity contribution >= 4 is 25.4 Å². The molecular formula is C32H62N9O3P. The molecule has 1 aromatic heterocycles. The zero-order valence-electron chi connectivity index (χ0n) is 28.4. The number of hydrogen-bond donors (Lipinski definition) is 4. The van der Waals surface area contributed by atoms with E-state index in [1.165, 1.54) is 64.2 Å². The summed E-state index contributed by atoms with van der Waals surface area (Å²) < 4.78 is 23.7. The average molecular weight is 652 g/mol. The van der Waals surface area contributed by atoms with Crippen molar-refractivity contribution in [3.05, 3.63) is 0 Å². The highest BCUT2D eigenvalue weighted by atomic mass is 31.2. The van der Waals surface area contributed by atoms with Gasteiger partial charge in [-0.2, -0.15) is 15.0 Å². The normalized spacial score (nSPS) is 23.8. The van der Waals surface area contributed by atoms with Crippen LogP contribution in [0.2, 0.25) is 0 Å². The molecular weight excluding hydrogens is 589 g/mol. The van der Waals surface area contributed by atoms with Crippen molar-refractivity contribution in [3.8, 4) is 0 Å². The van der Waals surface area contributed by atoms with Crippen LogP contribution in [0.1, 0.15) is 91.4 Å². The molecule has 13 heteroatoms. The molecule has 2 heterocycles. The van der Waals surface area contributed by atoms with E-state index in [-0.39, 0.29) is 5.95 Å². The maximum atomic E-state index is 12.8. The molecule has 4 rings (SSSR count). The second-order valence-electron chi connectivity index (χ2n) is 13.3. The average Bonchev–Trinajstić information content (AvgIpc) is 3.03. The van der Waals surface area contributed by atoms with E-state index in [2.05, 4.69) is 42.6 Å². The lowest BCUT2D eigenvalue weighted by molar-refractivity contribution is 0.184. The molecule has 258 valence electrons. The van der Waals surface area contributed by atoms with Gasteiger partial charge in [-0.05, 0) is 110 Å². The molecule has 2 saturated carbocycles. The summed E-state index contributed by atoms with van der Waals surface area (Å²) >= 11 is 0. The lowest BCUT2D eigenvalue weighted by Crippen LogP contribution is -2.52. The van der Waals surface area contributed by atoms with Crippen molar-refractivity contribution in [2.45, 2.75) is 103 Å². The molecule has 3 fully saturated rings. The second-order valence-corrected chi connectivity index (χ2v) is 15.5. The molecule has 3 aliphatic rings. The Hall–Kier alpha value is -1.56. The first-order valence-corrected chi connectivity index (χ1v) is 19.7. The van der Waals surface area contributed by atoms with Crippen LogP contribution in [0.4, 0.5) is 17.8 Å². The lowest BCUT2D eigenvalue weighted by Gasteiger charge is -2.40. The van der Waals surface area contributed by atoms with Gasteiger partial charge in [-0.25, -0.2) is 0 Å². The van der Waals surface area contributed by atoms with E-state index < -0.39 is 7.60 Å². The summed E-state index contributed by atoms with van der Waals surface area (Å²) in [4.78, 5) is 18.2. The number of anilines is 3. The maximum absolute atomic E-state index is 12.8. The zero-order valence-corrected chi connectivity index (χ0v) is 29.2. The highest BCUT2D eigenvalue weighted by molar-refractivity contribution is 7.53. The van der Waals surface area contributed by atoms with Gasteiger partial charge >= 0.3 is 7.60 Å². The van der Waals surface area contributed by atoms with Gasteiger partial charge in [-0.3, -0.25) is 9.46 Å². The molecule has 12 nitrogen and oxygen atoms in total.